The van der Waals surface area contributed by atoms with E-state index in [1.54, 1.807) is 12.1 Å². The third-order valence-electron chi connectivity index (χ3n) is 1.88. The van der Waals surface area contributed by atoms with E-state index in [4.69, 9.17) is 4.52 Å². The number of ether oxygens (including phenoxy) is 1. The van der Waals surface area contributed by atoms with Crippen LogP contribution in [0, 0.1) is 0 Å². The van der Waals surface area contributed by atoms with Crippen molar-refractivity contribution in [2.45, 2.75) is 6.61 Å². The average molecular weight is 244 g/mol. The molecular weight excluding hydrogens is 231 g/mol. The predicted molar refractivity (Wildman–Crippen MR) is 58.3 cm³/mol. The summed E-state index contributed by atoms with van der Waals surface area (Å²) < 4.78 is 25.7. The highest BCUT2D eigenvalue weighted by Crippen LogP contribution is 2.49. The van der Waals surface area contributed by atoms with Crippen LogP contribution < -0.4 is 0 Å². The summed E-state index contributed by atoms with van der Waals surface area (Å²) in [5, 5.41) is 0. The lowest BCUT2D eigenvalue weighted by Crippen LogP contribution is -2.05. The Kier molecular flexibility index (Phi) is 4.68. The molecule has 1 atom stereocenters. The molecule has 0 aliphatic heterocycles. The number of carbonyl (C=O) groups is 1. The molecule has 1 rings (SSSR count). The second kappa shape index (κ2) is 5.80. The first kappa shape index (κ1) is 12.9. The second-order valence-corrected chi connectivity index (χ2v) is 4.89. The van der Waals surface area contributed by atoms with E-state index in [1.165, 1.54) is 0 Å². The van der Waals surface area contributed by atoms with Crippen molar-refractivity contribution in [2.75, 3.05) is 14.2 Å². The Balaban J connectivity index is 2.66. The highest BCUT2D eigenvalue weighted by molar-refractivity contribution is 7.71. The van der Waals surface area contributed by atoms with Crippen LogP contribution in [0.2, 0.25) is 0 Å². The molecule has 0 radical (unpaired) electrons. The summed E-state index contributed by atoms with van der Waals surface area (Å²) in [6, 6.07) is 9.05. The molecule has 5 nitrogen and oxygen atoms in total. The standard InChI is InChI=1S/C10H13O5P/c1-13-10(11)16(12,14-2)15-8-9-6-4-3-5-7-9/h3-7H,8H2,1-2H3. The van der Waals surface area contributed by atoms with Crippen LogP contribution in [0.5, 0.6) is 0 Å². The smallest absolute Gasteiger partial charge is 0.438 e. The van der Waals surface area contributed by atoms with Crippen LogP contribution in [0.25, 0.3) is 0 Å². The maximum Gasteiger partial charge on any atom is 0.438 e. The van der Waals surface area contributed by atoms with Gasteiger partial charge < -0.3 is 9.26 Å². The van der Waals surface area contributed by atoms with E-state index in [0.717, 1.165) is 19.8 Å². The summed E-state index contributed by atoms with van der Waals surface area (Å²) in [6.07, 6.45) is 0. The molecule has 0 aromatic heterocycles. The zero-order chi connectivity index (χ0) is 12.0. The average Bonchev–Trinajstić information content (AvgIpc) is 2.36. The molecule has 0 spiro atoms. The molecule has 0 saturated carbocycles. The van der Waals surface area contributed by atoms with Crippen LogP contribution in [0.4, 0.5) is 4.79 Å². The Labute approximate surface area is 93.9 Å². The van der Waals surface area contributed by atoms with Crippen molar-refractivity contribution in [1.29, 1.82) is 0 Å². The number of hydrogen-bond donors (Lipinski definition) is 0. The van der Waals surface area contributed by atoms with Crippen LogP contribution in [-0.4, -0.2) is 19.9 Å². The van der Waals surface area contributed by atoms with Crippen molar-refractivity contribution in [3.63, 3.8) is 0 Å². The lowest BCUT2D eigenvalue weighted by atomic mass is 10.2. The Morgan fingerprint density at radius 3 is 2.38 bits per heavy atom. The Morgan fingerprint density at radius 2 is 1.88 bits per heavy atom. The van der Waals surface area contributed by atoms with Crippen molar-refractivity contribution in [1.82, 2.24) is 0 Å². The van der Waals surface area contributed by atoms with E-state index < -0.39 is 13.3 Å². The SMILES string of the molecule is COC(=O)P(=O)(OC)OCc1ccccc1. The maximum atomic E-state index is 11.8. The largest absolute Gasteiger partial charge is 0.460 e. The van der Waals surface area contributed by atoms with Crippen LogP contribution in [0.1, 0.15) is 5.56 Å². The fourth-order valence-corrected chi connectivity index (χ4v) is 1.93. The minimum atomic E-state index is -3.82. The Bertz CT molecular complexity index is 389. The van der Waals surface area contributed by atoms with Crippen LogP contribution in [0.3, 0.4) is 0 Å². The van der Waals surface area contributed by atoms with E-state index >= 15 is 0 Å². The number of carbonyl (C=O) groups excluding carboxylic acids is 1. The molecule has 1 unspecified atom stereocenters. The van der Waals surface area contributed by atoms with E-state index in [2.05, 4.69) is 9.26 Å². The van der Waals surface area contributed by atoms with Gasteiger partial charge in [-0.15, -0.1) is 0 Å². The Hall–Kier alpha value is -1.16. The number of methoxy groups -OCH3 is 1. The molecule has 88 valence electrons. The summed E-state index contributed by atoms with van der Waals surface area (Å²) in [7, 11) is -1.55. The van der Waals surface area contributed by atoms with Gasteiger partial charge in [-0.3, -0.25) is 4.52 Å². The molecule has 0 fully saturated rings. The second-order valence-electron chi connectivity index (χ2n) is 2.91. The minimum absolute atomic E-state index is 0.0288. The quantitative estimate of drug-likeness (QED) is 0.745. The summed E-state index contributed by atoms with van der Waals surface area (Å²) >= 11 is 0. The van der Waals surface area contributed by atoms with Gasteiger partial charge in [0.05, 0.1) is 13.7 Å². The number of benzene rings is 1. The van der Waals surface area contributed by atoms with Crippen molar-refractivity contribution in [3.05, 3.63) is 35.9 Å². The first-order valence-corrected chi connectivity index (χ1v) is 6.09. The fraction of sp³-hybridized carbons (Fsp3) is 0.300. The van der Waals surface area contributed by atoms with Crippen molar-refractivity contribution < 1.29 is 23.1 Å². The van der Waals surface area contributed by atoms with Gasteiger partial charge in [0.15, 0.2) is 0 Å². The van der Waals surface area contributed by atoms with Gasteiger partial charge in [-0.1, -0.05) is 30.3 Å². The maximum absolute atomic E-state index is 11.8. The molecule has 0 bridgehead atoms. The van der Waals surface area contributed by atoms with Gasteiger partial charge in [0.2, 0.25) is 0 Å². The predicted octanol–water partition coefficient (Wildman–Crippen LogP) is 2.81. The molecule has 0 heterocycles. The van der Waals surface area contributed by atoms with Crippen molar-refractivity contribution in [2.24, 2.45) is 0 Å². The van der Waals surface area contributed by atoms with Gasteiger partial charge in [0.1, 0.15) is 0 Å². The lowest BCUT2D eigenvalue weighted by Gasteiger charge is -2.13. The topological polar surface area (TPSA) is 61.8 Å². The van der Waals surface area contributed by atoms with Gasteiger partial charge in [-0.05, 0) is 5.56 Å². The molecule has 1 aromatic carbocycles. The van der Waals surface area contributed by atoms with E-state index in [0.29, 0.717) is 0 Å². The van der Waals surface area contributed by atoms with Gasteiger partial charge in [0, 0.05) is 7.11 Å². The summed E-state index contributed by atoms with van der Waals surface area (Å²) in [5.41, 5.74) is -0.199. The fourth-order valence-electron chi connectivity index (χ4n) is 1.03. The first-order chi connectivity index (χ1) is 7.62. The molecule has 1 aromatic rings. The molecule has 0 amide bonds. The highest BCUT2D eigenvalue weighted by Gasteiger charge is 2.35. The third-order valence-corrected chi connectivity index (χ3v) is 3.46. The van der Waals surface area contributed by atoms with Crippen LogP contribution in [0.15, 0.2) is 30.3 Å². The van der Waals surface area contributed by atoms with E-state index in [-0.39, 0.29) is 6.61 Å². The monoisotopic (exact) mass is 244 g/mol. The molecule has 0 aliphatic rings. The van der Waals surface area contributed by atoms with Crippen LogP contribution >= 0.6 is 7.60 Å². The summed E-state index contributed by atoms with van der Waals surface area (Å²) in [4.78, 5) is 11.2. The first-order valence-electron chi connectivity index (χ1n) is 4.55. The number of rotatable bonds is 5. The molecule has 0 saturated heterocycles. The van der Waals surface area contributed by atoms with Crippen LogP contribution in [-0.2, 0) is 25.0 Å². The molecular formula is C10H13O5P. The van der Waals surface area contributed by atoms with Gasteiger partial charge in [-0.25, -0.2) is 9.36 Å². The highest BCUT2D eigenvalue weighted by atomic mass is 31.2. The number of hydrogen-bond acceptors (Lipinski definition) is 5. The zero-order valence-electron chi connectivity index (χ0n) is 9.08. The minimum Gasteiger partial charge on any atom is -0.460 e. The normalized spacial score (nSPS) is 14.1. The molecule has 0 aliphatic carbocycles. The van der Waals surface area contributed by atoms with Crippen molar-refractivity contribution in [3.8, 4) is 0 Å². The zero-order valence-corrected chi connectivity index (χ0v) is 9.98. The Morgan fingerprint density at radius 1 is 1.25 bits per heavy atom. The summed E-state index contributed by atoms with van der Waals surface area (Å²) in [6.45, 7) is 0.0288. The van der Waals surface area contributed by atoms with Gasteiger partial charge >= 0.3 is 13.3 Å². The molecule has 0 N–H and O–H groups in total. The van der Waals surface area contributed by atoms with Gasteiger partial charge in [-0.2, -0.15) is 0 Å². The van der Waals surface area contributed by atoms with E-state index in [9.17, 15) is 9.36 Å². The summed E-state index contributed by atoms with van der Waals surface area (Å²) in [5.74, 6) is 0. The lowest BCUT2D eigenvalue weighted by molar-refractivity contribution is 0.169. The third kappa shape index (κ3) is 3.17. The molecule has 6 heteroatoms. The molecule has 16 heavy (non-hydrogen) atoms. The van der Waals surface area contributed by atoms with E-state index in [1.807, 2.05) is 18.2 Å². The van der Waals surface area contributed by atoms with Crippen molar-refractivity contribution >= 4 is 13.3 Å². The van der Waals surface area contributed by atoms with Gasteiger partial charge in [0.25, 0.3) is 0 Å².